The highest BCUT2D eigenvalue weighted by Crippen LogP contribution is 2.22. The van der Waals surface area contributed by atoms with Crippen LogP contribution in [0.25, 0.3) is 0 Å². The molecule has 0 spiro atoms. The van der Waals surface area contributed by atoms with Crippen molar-refractivity contribution in [3.05, 3.63) is 97.1 Å². The van der Waals surface area contributed by atoms with E-state index in [9.17, 15) is 24.3 Å². The van der Waals surface area contributed by atoms with Gasteiger partial charge < -0.3 is 30.5 Å². The molecule has 0 heterocycles. The van der Waals surface area contributed by atoms with E-state index in [0.29, 0.717) is 6.42 Å². The molecule has 0 bridgehead atoms. The quantitative estimate of drug-likeness (QED) is 0.144. The molecule has 10 heteroatoms. The number of rotatable bonds is 18. The van der Waals surface area contributed by atoms with Crippen molar-refractivity contribution >= 4 is 23.9 Å². The molecule has 2 aromatic carbocycles. The van der Waals surface area contributed by atoms with E-state index in [0.717, 1.165) is 11.1 Å². The van der Waals surface area contributed by atoms with Crippen molar-refractivity contribution in [2.24, 2.45) is 11.3 Å². The fourth-order valence-electron chi connectivity index (χ4n) is 4.41. The predicted octanol–water partition coefficient (Wildman–Crippen LogP) is 4.23. The fourth-order valence-corrected chi connectivity index (χ4v) is 4.41. The van der Waals surface area contributed by atoms with Gasteiger partial charge in [-0.3, -0.25) is 9.59 Å². The number of esters is 1. The Labute approximate surface area is 266 Å². The summed E-state index contributed by atoms with van der Waals surface area (Å²) in [6, 6.07) is 16.5. The largest absolute Gasteiger partial charge is 0.462 e. The van der Waals surface area contributed by atoms with Crippen LogP contribution in [0.5, 0.6) is 0 Å². The molecule has 0 unspecified atom stereocenters. The molecule has 2 aromatic rings. The van der Waals surface area contributed by atoms with Crippen LogP contribution in [0.4, 0.5) is 4.79 Å². The second kappa shape index (κ2) is 19.1. The number of allylic oxidation sites excluding steroid dienone is 1. The first-order valence-electron chi connectivity index (χ1n) is 15.1. The van der Waals surface area contributed by atoms with Crippen LogP contribution in [0.1, 0.15) is 51.2 Å². The summed E-state index contributed by atoms with van der Waals surface area (Å²) >= 11 is 0. The smallest absolute Gasteiger partial charge is 0.408 e. The molecular weight excluding hydrogens is 574 g/mol. The minimum atomic E-state index is -1.03. The lowest BCUT2D eigenvalue weighted by molar-refractivity contribution is -0.148. The monoisotopic (exact) mass is 621 g/mol. The zero-order chi connectivity index (χ0) is 33.2. The third kappa shape index (κ3) is 13.8. The number of aliphatic hydroxyl groups is 1. The van der Waals surface area contributed by atoms with E-state index in [-0.39, 0.29) is 45.0 Å². The Bertz CT molecular complexity index is 1240. The second-order valence-corrected chi connectivity index (χ2v) is 11.9. The SMILES string of the molecule is C=CC[C@H](CC(=O)N[C@@H](CO)Cc1ccccc1)C(=O)N[C@H](COC(=O)[C@@H](CC=C)NC(=O)OCc1ccccc1)C(C)(C)C. The van der Waals surface area contributed by atoms with Crippen molar-refractivity contribution < 1.29 is 33.8 Å². The Balaban J connectivity index is 1.98. The zero-order valence-electron chi connectivity index (χ0n) is 26.5. The Hall–Kier alpha value is -4.44. The van der Waals surface area contributed by atoms with Gasteiger partial charge in [-0.2, -0.15) is 0 Å². The van der Waals surface area contributed by atoms with Crippen LogP contribution in [0, 0.1) is 11.3 Å². The summed E-state index contributed by atoms with van der Waals surface area (Å²) in [5, 5.41) is 18.1. The van der Waals surface area contributed by atoms with Crippen molar-refractivity contribution in [2.75, 3.05) is 13.2 Å². The van der Waals surface area contributed by atoms with E-state index >= 15 is 0 Å². The maximum Gasteiger partial charge on any atom is 0.408 e. The molecule has 45 heavy (non-hydrogen) atoms. The van der Waals surface area contributed by atoms with E-state index in [1.54, 1.807) is 6.08 Å². The maximum absolute atomic E-state index is 13.4. The first-order chi connectivity index (χ1) is 21.5. The minimum absolute atomic E-state index is 0.0399. The zero-order valence-corrected chi connectivity index (χ0v) is 26.5. The van der Waals surface area contributed by atoms with Crippen molar-refractivity contribution in [2.45, 2.75) is 71.2 Å². The standard InChI is InChI=1S/C35H47N3O7/c1-6-14-27(21-31(40)36-28(22-39)20-25-16-10-8-11-17-25)32(41)38-30(35(3,4)5)24-44-33(42)29(15-7-2)37-34(43)45-23-26-18-12-9-13-19-26/h6-13,16-19,27-30,39H,1-2,14-15,20-24H2,3-5H3,(H,36,40)(H,37,43)(H,38,41)/t27-,28-,29-,30-/m1/s1. The number of alkyl carbamates (subject to hydrolysis) is 1. The van der Waals surface area contributed by atoms with E-state index in [2.05, 4.69) is 29.1 Å². The maximum atomic E-state index is 13.4. The lowest BCUT2D eigenvalue weighted by atomic mass is 9.86. The van der Waals surface area contributed by atoms with Crippen LogP contribution in [0.2, 0.25) is 0 Å². The van der Waals surface area contributed by atoms with Gasteiger partial charge in [-0.25, -0.2) is 9.59 Å². The highest BCUT2D eigenvalue weighted by Gasteiger charge is 2.32. The van der Waals surface area contributed by atoms with Gasteiger partial charge in [0.15, 0.2) is 0 Å². The number of ether oxygens (including phenoxy) is 2. The van der Waals surface area contributed by atoms with Gasteiger partial charge in [-0.15, -0.1) is 13.2 Å². The van der Waals surface area contributed by atoms with E-state index in [4.69, 9.17) is 9.47 Å². The molecule has 2 rings (SSSR count). The minimum Gasteiger partial charge on any atom is -0.462 e. The number of carbonyl (C=O) groups is 4. The Morgan fingerprint density at radius 2 is 1.44 bits per heavy atom. The van der Waals surface area contributed by atoms with E-state index in [1.807, 2.05) is 81.4 Å². The van der Waals surface area contributed by atoms with Gasteiger partial charge in [0.25, 0.3) is 0 Å². The first kappa shape index (κ1) is 36.8. The van der Waals surface area contributed by atoms with Gasteiger partial charge in [0.1, 0.15) is 19.3 Å². The van der Waals surface area contributed by atoms with Crippen molar-refractivity contribution in [3.8, 4) is 0 Å². The average Bonchev–Trinajstić information content (AvgIpc) is 3.01. The lowest BCUT2D eigenvalue weighted by Crippen LogP contribution is -2.51. The van der Waals surface area contributed by atoms with Gasteiger partial charge in [-0.05, 0) is 35.8 Å². The van der Waals surface area contributed by atoms with Crippen LogP contribution in [-0.4, -0.2) is 60.3 Å². The van der Waals surface area contributed by atoms with Gasteiger partial charge in [0.2, 0.25) is 11.8 Å². The molecular formula is C35H47N3O7. The summed E-state index contributed by atoms with van der Waals surface area (Å²) in [6.07, 6.45) is 2.97. The third-order valence-electron chi connectivity index (χ3n) is 7.11. The van der Waals surface area contributed by atoms with Crippen molar-refractivity contribution in [1.82, 2.24) is 16.0 Å². The molecule has 4 atom stereocenters. The number of nitrogens with one attached hydrogen (secondary N) is 3. The topological polar surface area (TPSA) is 143 Å². The van der Waals surface area contributed by atoms with Gasteiger partial charge >= 0.3 is 12.1 Å². The number of hydrogen-bond donors (Lipinski definition) is 4. The number of amides is 3. The van der Waals surface area contributed by atoms with E-state index < -0.39 is 47.4 Å². The highest BCUT2D eigenvalue weighted by atomic mass is 16.6. The molecule has 10 nitrogen and oxygen atoms in total. The normalized spacial score (nSPS) is 13.7. The molecule has 0 fully saturated rings. The fraction of sp³-hybridized carbons (Fsp3) is 0.429. The van der Waals surface area contributed by atoms with Crippen LogP contribution >= 0.6 is 0 Å². The second-order valence-electron chi connectivity index (χ2n) is 11.9. The Morgan fingerprint density at radius 3 is 2.00 bits per heavy atom. The Kier molecular flexibility index (Phi) is 15.6. The van der Waals surface area contributed by atoms with Crippen molar-refractivity contribution in [3.63, 3.8) is 0 Å². The summed E-state index contributed by atoms with van der Waals surface area (Å²) in [6.45, 7) is 12.7. The average molecular weight is 622 g/mol. The Morgan fingerprint density at radius 1 is 0.844 bits per heavy atom. The summed E-state index contributed by atoms with van der Waals surface area (Å²) in [5.41, 5.74) is 1.24. The number of benzene rings is 2. The predicted molar refractivity (Wildman–Crippen MR) is 173 cm³/mol. The molecule has 0 aromatic heterocycles. The number of hydrogen-bond acceptors (Lipinski definition) is 7. The van der Waals surface area contributed by atoms with Gasteiger partial charge in [-0.1, -0.05) is 93.6 Å². The van der Waals surface area contributed by atoms with Crippen molar-refractivity contribution in [1.29, 1.82) is 0 Å². The van der Waals surface area contributed by atoms with Gasteiger partial charge in [0, 0.05) is 6.42 Å². The molecule has 0 saturated heterocycles. The van der Waals surface area contributed by atoms with Crippen LogP contribution in [0.15, 0.2) is 86.0 Å². The molecule has 0 saturated carbocycles. The highest BCUT2D eigenvalue weighted by molar-refractivity contribution is 5.86. The summed E-state index contributed by atoms with van der Waals surface area (Å²) in [7, 11) is 0. The number of carbonyl (C=O) groups excluding carboxylic acids is 4. The summed E-state index contributed by atoms with van der Waals surface area (Å²) < 4.78 is 10.8. The molecule has 0 aliphatic rings. The first-order valence-corrected chi connectivity index (χ1v) is 15.1. The van der Waals surface area contributed by atoms with Crippen LogP contribution in [0.3, 0.4) is 0 Å². The van der Waals surface area contributed by atoms with Crippen LogP contribution < -0.4 is 16.0 Å². The molecule has 244 valence electrons. The third-order valence-corrected chi connectivity index (χ3v) is 7.11. The van der Waals surface area contributed by atoms with Gasteiger partial charge in [0.05, 0.1) is 24.6 Å². The molecule has 0 radical (unpaired) electrons. The van der Waals surface area contributed by atoms with E-state index in [1.165, 1.54) is 6.08 Å². The number of aliphatic hydroxyl groups excluding tert-OH is 1. The molecule has 0 aliphatic carbocycles. The lowest BCUT2D eigenvalue weighted by Gasteiger charge is -2.32. The molecule has 0 aliphatic heterocycles. The molecule has 4 N–H and O–H groups in total. The summed E-state index contributed by atoms with van der Waals surface area (Å²) in [4.78, 5) is 51.6. The summed E-state index contributed by atoms with van der Waals surface area (Å²) in [5.74, 6) is -2.20. The molecule has 3 amide bonds. The van der Waals surface area contributed by atoms with Crippen LogP contribution in [-0.2, 0) is 36.9 Å².